The van der Waals surface area contributed by atoms with E-state index in [0.29, 0.717) is 5.69 Å². The van der Waals surface area contributed by atoms with Gasteiger partial charge >= 0.3 is 0 Å². The predicted octanol–water partition coefficient (Wildman–Crippen LogP) is 2.91. The first-order chi connectivity index (χ1) is 8.79. The lowest BCUT2D eigenvalue weighted by Crippen LogP contribution is -2.18. The second kappa shape index (κ2) is 4.55. The summed E-state index contributed by atoms with van der Waals surface area (Å²) in [5.41, 5.74) is 1.85. The Balaban J connectivity index is 1.97. The summed E-state index contributed by atoms with van der Waals surface area (Å²) in [5, 5.41) is 6.09. The normalized spacial score (nSPS) is 10.9. The molecule has 0 bridgehead atoms. The standard InChI is InChI=1S/C12H11N3OS2/c1-14(6-9-2-4-17-8-9)11-10(7-16)15-3-5-18-12(15)13-11/h2-5,7-8H,6H2,1H3. The highest BCUT2D eigenvalue weighted by molar-refractivity contribution is 7.15. The second-order valence-corrected chi connectivity index (χ2v) is 5.63. The van der Waals surface area contributed by atoms with Gasteiger partial charge in [0, 0.05) is 25.2 Å². The molecule has 0 amide bonds. The van der Waals surface area contributed by atoms with E-state index in [1.807, 2.05) is 27.9 Å². The van der Waals surface area contributed by atoms with Gasteiger partial charge in [-0.1, -0.05) is 0 Å². The Labute approximate surface area is 112 Å². The summed E-state index contributed by atoms with van der Waals surface area (Å²) in [5.74, 6) is 0.739. The van der Waals surface area contributed by atoms with Crippen molar-refractivity contribution in [3.8, 4) is 0 Å². The average molecular weight is 277 g/mol. The fourth-order valence-corrected chi connectivity index (χ4v) is 3.29. The van der Waals surface area contributed by atoms with E-state index in [2.05, 4.69) is 21.8 Å². The van der Waals surface area contributed by atoms with Crippen molar-refractivity contribution in [1.82, 2.24) is 9.38 Å². The SMILES string of the molecule is CN(Cc1ccsc1)c1nc2sccn2c1C=O. The smallest absolute Gasteiger partial charge is 0.196 e. The summed E-state index contributed by atoms with van der Waals surface area (Å²) in [6.45, 7) is 0.759. The molecule has 0 spiro atoms. The Bertz CT molecular complexity index is 669. The van der Waals surface area contributed by atoms with Crippen molar-refractivity contribution in [3.63, 3.8) is 0 Å². The van der Waals surface area contributed by atoms with Gasteiger partial charge in [-0.2, -0.15) is 11.3 Å². The Hall–Kier alpha value is -1.66. The monoisotopic (exact) mass is 277 g/mol. The van der Waals surface area contributed by atoms with E-state index >= 15 is 0 Å². The highest BCUT2D eigenvalue weighted by Gasteiger charge is 2.16. The van der Waals surface area contributed by atoms with Crippen LogP contribution in [0.2, 0.25) is 0 Å². The van der Waals surface area contributed by atoms with Gasteiger partial charge in [0.05, 0.1) is 0 Å². The molecule has 3 aromatic rings. The van der Waals surface area contributed by atoms with E-state index in [-0.39, 0.29) is 0 Å². The van der Waals surface area contributed by atoms with E-state index < -0.39 is 0 Å². The van der Waals surface area contributed by atoms with Crippen LogP contribution in [-0.2, 0) is 6.54 Å². The molecule has 0 unspecified atom stereocenters. The summed E-state index contributed by atoms with van der Waals surface area (Å²) in [4.78, 5) is 18.6. The fraction of sp³-hybridized carbons (Fsp3) is 0.167. The van der Waals surface area contributed by atoms with Gasteiger partial charge in [-0.25, -0.2) is 4.98 Å². The van der Waals surface area contributed by atoms with Crippen molar-refractivity contribution in [2.24, 2.45) is 0 Å². The van der Waals surface area contributed by atoms with Gasteiger partial charge in [0.15, 0.2) is 17.1 Å². The van der Waals surface area contributed by atoms with Crippen LogP contribution in [-0.4, -0.2) is 22.7 Å². The van der Waals surface area contributed by atoms with E-state index in [4.69, 9.17) is 0 Å². The number of carbonyl (C=O) groups is 1. The van der Waals surface area contributed by atoms with E-state index in [0.717, 1.165) is 23.6 Å². The molecule has 6 heteroatoms. The summed E-state index contributed by atoms with van der Waals surface area (Å²) < 4.78 is 1.83. The van der Waals surface area contributed by atoms with E-state index in [9.17, 15) is 4.79 Å². The summed E-state index contributed by atoms with van der Waals surface area (Å²) in [7, 11) is 1.96. The Morgan fingerprint density at radius 2 is 2.39 bits per heavy atom. The molecule has 0 aromatic carbocycles. The van der Waals surface area contributed by atoms with Crippen LogP contribution in [0, 0.1) is 0 Å². The van der Waals surface area contributed by atoms with Crippen molar-refractivity contribution < 1.29 is 4.79 Å². The number of anilines is 1. The quantitative estimate of drug-likeness (QED) is 0.688. The minimum atomic E-state index is 0.615. The minimum absolute atomic E-state index is 0.615. The highest BCUT2D eigenvalue weighted by Crippen LogP contribution is 2.24. The topological polar surface area (TPSA) is 37.6 Å². The Morgan fingerprint density at radius 3 is 3.11 bits per heavy atom. The zero-order valence-electron chi connectivity index (χ0n) is 9.74. The number of nitrogens with zero attached hydrogens (tertiary/aromatic N) is 3. The van der Waals surface area contributed by atoms with Crippen LogP contribution in [0.15, 0.2) is 28.4 Å². The summed E-state index contributed by atoms with van der Waals surface area (Å²) in [6.07, 6.45) is 2.74. The zero-order valence-corrected chi connectivity index (χ0v) is 11.4. The molecule has 0 aliphatic rings. The van der Waals surface area contributed by atoms with Crippen molar-refractivity contribution >= 4 is 39.7 Å². The lowest BCUT2D eigenvalue weighted by molar-refractivity contribution is 0.111. The number of aromatic nitrogens is 2. The van der Waals surface area contributed by atoms with Crippen LogP contribution in [0.1, 0.15) is 16.1 Å². The maximum atomic E-state index is 11.2. The van der Waals surface area contributed by atoms with Gasteiger partial charge in [-0.05, 0) is 22.4 Å². The third kappa shape index (κ3) is 1.83. The van der Waals surface area contributed by atoms with Crippen molar-refractivity contribution in [1.29, 1.82) is 0 Å². The number of rotatable bonds is 4. The number of aldehydes is 1. The van der Waals surface area contributed by atoms with Crippen molar-refractivity contribution in [3.05, 3.63) is 39.7 Å². The van der Waals surface area contributed by atoms with Gasteiger partial charge in [-0.3, -0.25) is 9.20 Å². The maximum Gasteiger partial charge on any atom is 0.196 e. The van der Waals surface area contributed by atoms with E-state index in [1.165, 1.54) is 16.9 Å². The van der Waals surface area contributed by atoms with Gasteiger partial charge < -0.3 is 4.90 Å². The molecule has 0 atom stereocenters. The maximum absolute atomic E-state index is 11.2. The van der Waals surface area contributed by atoms with Gasteiger partial charge in [0.2, 0.25) is 0 Å². The average Bonchev–Trinajstić information content (AvgIpc) is 3.03. The van der Waals surface area contributed by atoms with Gasteiger partial charge in [0.25, 0.3) is 0 Å². The third-order valence-corrected chi connectivity index (χ3v) is 4.24. The first-order valence-corrected chi connectivity index (χ1v) is 7.25. The van der Waals surface area contributed by atoms with Crippen LogP contribution < -0.4 is 4.90 Å². The molecule has 3 aromatic heterocycles. The number of hydrogen-bond donors (Lipinski definition) is 0. The lowest BCUT2D eigenvalue weighted by Gasteiger charge is -2.16. The zero-order chi connectivity index (χ0) is 12.5. The fourth-order valence-electron chi connectivity index (χ4n) is 1.91. The molecular weight excluding hydrogens is 266 g/mol. The van der Waals surface area contributed by atoms with Crippen LogP contribution in [0.5, 0.6) is 0 Å². The number of imidazole rings is 1. The van der Waals surface area contributed by atoms with Crippen molar-refractivity contribution in [2.75, 3.05) is 11.9 Å². The van der Waals surface area contributed by atoms with Crippen LogP contribution in [0.25, 0.3) is 4.96 Å². The van der Waals surface area contributed by atoms with E-state index in [1.54, 1.807) is 11.3 Å². The first-order valence-electron chi connectivity index (χ1n) is 5.42. The summed E-state index contributed by atoms with van der Waals surface area (Å²) >= 11 is 3.21. The molecule has 0 radical (unpaired) electrons. The molecule has 3 rings (SSSR count). The molecule has 0 N–H and O–H groups in total. The molecule has 0 saturated heterocycles. The number of fused-ring (bicyclic) bond motifs is 1. The van der Waals surface area contributed by atoms with Crippen LogP contribution in [0.3, 0.4) is 0 Å². The molecule has 92 valence electrons. The van der Waals surface area contributed by atoms with Crippen molar-refractivity contribution in [2.45, 2.75) is 6.54 Å². The molecule has 0 fully saturated rings. The number of thiophene rings is 1. The summed E-state index contributed by atoms with van der Waals surface area (Å²) in [6, 6.07) is 2.08. The number of thiazole rings is 1. The van der Waals surface area contributed by atoms with Crippen LogP contribution in [0.4, 0.5) is 5.82 Å². The first kappa shape index (κ1) is 11.4. The van der Waals surface area contributed by atoms with Gasteiger partial charge in [0.1, 0.15) is 5.69 Å². The molecular formula is C12H11N3OS2. The van der Waals surface area contributed by atoms with Crippen LogP contribution >= 0.6 is 22.7 Å². The number of carbonyl (C=O) groups excluding carboxylic acids is 1. The van der Waals surface area contributed by atoms with Gasteiger partial charge in [-0.15, -0.1) is 11.3 Å². The third-order valence-electron chi connectivity index (χ3n) is 2.75. The molecule has 0 aliphatic heterocycles. The lowest BCUT2D eigenvalue weighted by atomic mass is 10.3. The molecule has 4 nitrogen and oxygen atoms in total. The highest BCUT2D eigenvalue weighted by atomic mass is 32.1. The molecule has 0 saturated carbocycles. The second-order valence-electron chi connectivity index (χ2n) is 3.98. The Kier molecular flexibility index (Phi) is 2.89. The largest absolute Gasteiger partial charge is 0.353 e. The predicted molar refractivity (Wildman–Crippen MR) is 74.9 cm³/mol. The molecule has 18 heavy (non-hydrogen) atoms. The Morgan fingerprint density at radius 1 is 1.50 bits per heavy atom. The molecule has 0 aliphatic carbocycles. The number of hydrogen-bond acceptors (Lipinski definition) is 5. The minimum Gasteiger partial charge on any atom is -0.353 e. The molecule has 3 heterocycles.